The summed E-state index contributed by atoms with van der Waals surface area (Å²) in [5.74, 6) is 1.52. The van der Waals surface area contributed by atoms with Crippen LogP contribution < -0.4 is 26.5 Å². The molecule has 0 heterocycles. The van der Waals surface area contributed by atoms with Gasteiger partial charge in [-0.2, -0.15) is 6.07 Å². The number of rotatable bonds is 4. The Kier molecular flexibility index (Phi) is 8.88. The average Bonchev–Trinajstić information content (AvgIpc) is 2.38. The number of hydrogen-bond acceptors (Lipinski definition) is 2. The third-order valence-corrected chi connectivity index (χ3v) is 2.22. The number of benzene rings is 2. The van der Waals surface area contributed by atoms with E-state index in [9.17, 15) is 0 Å². The van der Waals surface area contributed by atoms with Crippen LogP contribution in [0.15, 0.2) is 48.5 Å². The number of halogens is 1. The van der Waals surface area contributed by atoms with Gasteiger partial charge in [0.1, 0.15) is 0 Å². The number of hydrogen-bond donors (Lipinski definition) is 0. The second-order valence-electron chi connectivity index (χ2n) is 3.38. The maximum atomic E-state index is 5.62. The smallest absolute Gasteiger partial charge is 1.00 e. The zero-order valence-corrected chi connectivity index (χ0v) is 13.2. The molecule has 0 saturated carbocycles. The van der Waals surface area contributed by atoms with Gasteiger partial charge < -0.3 is 26.5 Å². The Hall–Kier alpha value is -0.714. The van der Waals surface area contributed by atoms with Crippen LogP contribution >= 0.6 is 0 Å². The second-order valence-corrected chi connectivity index (χ2v) is 3.38. The predicted molar refractivity (Wildman–Crippen MR) is 68.4 cm³/mol. The van der Waals surface area contributed by atoms with Crippen molar-refractivity contribution >= 4 is 23.1 Å². The maximum Gasteiger partial charge on any atom is 2.00 e. The molecule has 0 saturated heterocycles. The van der Waals surface area contributed by atoms with Crippen LogP contribution in [-0.4, -0.2) is 30.2 Å². The molecule has 0 aromatic heterocycles. The zero-order valence-electron chi connectivity index (χ0n) is 10.2. The van der Waals surface area contributed by atoms with Crippen molar-refractivity contribution in [1.29, 1.82) is 0 Å². The zero-order chi connectivity index (χ0) is 11.2. The monoisotopic (exact) mass is 316 g/mol. The summed E-state index contributed by atoms with van der Waals surface area (Å²) < 4.78 is 10.7. The van der Waals surface area contributed by atoms with Crippen LogP contribution in [0.3, 0.4) is 0 Å². The molecule has 0 unspecified atom stereocenters. The number of ether oxygens (including phenoxy) is 2. The standard InChI is InChI=1S/C14H13O2.BrH.Mg/c1-15-13-8-5-9-14(10-13)16-11-12-6-3-2-4-7-12;;/h2-4,6-10H,11H2,1H3;1H;/q-1;;+2/p-1. The van der Waals surface area contributed by atoms with Crippen molar-refractivity contribution in [2.75, 3.05) is 7.11 Å². The molecular formula is C14H13BrMgO2. The Morgan fingerprint density at radius 1 is 1.06 bits per heavy atom. The van der Waals surface area contributed by atoms with Crippen LogP contribution in [-0.2, 0) is 6.61 Å². The summed E-state index contributed by atoms with van der Waals surface area (Å²) in [6.45, 7) is 0.557. The van der Waals surface area contributed by atoms with Crippen LogP contribution in [0.4, 0.5) is 0 Å². The van der Waals surface area contributed by atoms with E-state index < -0.39 is 0 Å². The molecule has 0 radical (unpaired) electrons. The first-order valence-corrected chi connectivity index (χ1v) is 5.10. The van der Waals surface area contributed by atoms with Gasteiger partial charge in [0.25, 0.3) is 0 Å². The van der Waals surface area contributed by atoms with Crippen LogP contribution in [0.25, 0.3) is 0 Å². The SMILES string of the molecule is COc1c[c-]cc(OCc2ccccc2)c1.[Br-].[Mg+2]. The van der Waals surface area contributed by atoms with E-state index in [4.69, 9.17) is 9.47 Å². The first-order chi connectivity index (χ1) is 7.88. The van der Waals surface area contributed by atoms with Crippen molar-refractivity contribution in [1.82, 2.24) is 0 Å². The van der Waals surface area contributed by atoms with Crippen molar-refractivity contribution < 1.29 is 26.5 Å². The third kappa shape index (κ3) is 5.29. The van der Waals surface area contributed by atoms with E-state index in [-0.39, 0.29) is 40.0 Å². The molecule has 0 N–H and O–H groups in total. The van der Waals surface area contributed by atoms with Gasteiger partial charge in [0, 0.05) is 11.5 Å². The first-order valence-electron chi connectivity index (χ1n) is 5.10. The molecule has 2 aromatic carbocycles. The Bertz CT molecular complexity index is 449. The fourth-order valence-corrected chi connectivity index (χ4v) is 1.37. The van der Waals surface area contributed by atoms with E-state index in [0.717, 1.165) is 17.1 Å². The molecule has 2 rings (SSSR count). The Morgan fingerprint density at radius 2 is 1.72 bits per heavy atom. The van der Waals surface area contributed by atoms with Crippen molar-refractivity contribution in [3.05, 3.63) is 60.2 Å². The third-order valence-electron chi connectivity index (χ3n) is 2.22. The largest absolute Gasteiger partial charge is 2.00 e. The summed E-state index contributed by atoms with van der Waals surface area (Å²) in [5, 5.41) is 0. The molecule has 0 spiro atoms. The van der Waals surface area contributed by atoms with Crippen LogP contribution in [0.1, 0.15) is 5.56 Å². The summed E-state index contributed by atoms with van der Waals surface area (Å²) in [7, 11) is 1.63. The molecule has 2 nitrogen and oxygen atoms in total. The molecule has 0 aliphatic carbocycles. The molecular weight excluding hydrogens is 304 g/mol. The van der Waals surface area contributed by atoms with Gasteiger partial charge in [0.15, 0.2) is 0 Å². The van der Waals surface area contributed by atoms with Crippen LogP contribution in [0.5, 0.6) is 11.5 Å². The fraction of sp³-hybridized carbons (Fsp3) is 0.143. The van der Waals surface area contributed by atoms with E-state index in [1.165, 1.54) is 0 Å². The van der Waals surface area contributed by atoms with Crippen molar-refractivity contribution in [2.24, 2.45) is 0 Å². The minimum absolute atomic E-state index is 0. The molecule has 0 amide bonds. The quantitative estimate of drug-likeness (QED) is 0.569. The molecule has 90 valence electrons. The van der Waals surface area contributed by atoms with Crippen molar-refractivity contribution in [3.63, 3.8) is 0 Å². The summed E-state index contributed by atoms with van der Waals surface area (Å²) in [6, 6.07) is 18.4. The van der Waals surface area contributed by atoms with E-state index in [2.05, 4.69) is 6.07 Å². The summed E-state index contributed by atoms with van der Waals surface area (Å²) in [6.07, 6.45) is 0. The van der Waals surface area contributed by atoms with Gasteiger partial charge in [0.2, 0.25) is 0 Å². The van der Waals surface area contributed by atoms with E-state index in [1.807, 2.05) is 36.4 Å². The van der Waals surface area contributed by atoms with Crippen molar-refractivity contribution in [3.8, 4) is 11.5 Å². The van der Waals surface area contributed by atoms with Gasteiger partial charge in [0.05, 0.1) is 13.7 Å². The minimum Gasteiger partial charge on any atom is -1.00 e. The fourth-order valence-electron chi connectivity index (χ4n) is 1.37. The van der Waals surface area contributed by atoms with Gasteiger partial charge in [-0.15, -0.1) is 12.1 Å². The molecule has 0 fully saturated rings. The van der Waals surface area contributed by atoms with E-state index >= 15 is 0 Å². The second kappa shape index (κ2) is 9.25. The van der Waals surface area contributed by atoms with Gasteiger partial charge in [-0.1, -0.05) is 36.4 Å². The normalized spacial score (nSPS) is 8.72. The molecule has 0 atom stereocenters. The summed E-state index contributed by atoms with van der Waals surface area (Å²) >= 11 is 0. The van der Waals surface area contributed by atoms with E-state index in [1.54, 1.807) is 19.2 Å². The van der Waals surface area contributed by atoms with Crippen LogP contribution in [0.2, 0.25) is 0 Å². The number of methoxy groups -OCH3 is 1. The Morgan fingerprint density at radius 3 is 2.39 bits per heavy atom. The molecule has 4 heteroatoms. The van der Waals surface area contributed by atoms with Crippen molar-refractivity contribution in [2.45, 2.75) is 6.61 Å². The van der Waals surface area contributed by atoms with E-state index in [0.29, 0.717) is 6.61 Å². The Labute approximate surface area is 134 Å². The first kappa shape index (κ1) is 17.3. The maximum absolute atomic E-state index is 5.62. The topological polar surface area (TPSA) is 18.5 Å². The molecule has 2 aromatic rings. The molecule has 18 heavy (non-hydrogen) atoms. The van der Waals surface area contributed by atoms with Crippen LogP contribution in [0, 0.1) is 6.07 Å². The summed E-state index contributed by atoms with van der Waals surface area (Å²) in [4.78, 5) is 0. The average molecular weight is 317 g/mol. The molecule has 0 bridgehead atoms. The minimum atomic E-state index is 0. The predicted octanol–water partition coefficient (Wildman–Crippen LogP) is -0.302. The molecule has 0 aliphatic heterocycles. The van der Waals surface area contributed by atoms with Gasteiger partial charge in [-0.05, 0) is 5.56 Å². The molecule has 0 aliphatic rings. The van der Waals surface area contributed by atoms with Gasteiger partial charge in [-0.3, -0.25) is 0 Å². The Balaban J connectivity index is 0.00000144. The summed E-state index contributed by atoms with van der Waals surface area (Å²) in [5.41, 5.74) is 1.14. The van der Waals surface area contributed by atoms with Gasteiger partial charge in [-0.25, -0.2) is 0 Å². The van der Waals surface area contributed by atoms with Gasteiger partial charge >= 0.3 is 23.1 Å².